The van der Waals surface area contributed by atoms with E-state index in [0.29, 0.717) is 30.8 Å². The molecule has 0 amide bonds. The summed E-state index contributed by atoms with van der Waals surface area (Å²) < 4.78 is 33.4. The molecular weight excluding hydrogens is 588 g/mol. The van der Waals surface area contributed by atoms with Gasteiger partial charge in [0.05, 0.1) is 45.1 Å². The van der Waals surface area contributed by atoms with Crippen molar-refractivity contribution in [2.45, 2.75) is 83.7 Å². The van der Waals surface area contributed by atoms with Crippen molar-refractivity contribution in [2.75, 3.05) is 46.2 Å². The average Bonchev–Trinajstić information content (AvgIpc) is 3.07. The van der Waals surface area contributed by atoms with Gasteiger partial charge in [0.1, 0.15) is 5.75 Å². The molecule has 1 aromatic carbocycles. The van der Waals surface area contributed by atoms with Crippen LogP contribution in [-0.4, -0.2) is 70.3 Å². The molecule has 2 aliphatic carbocycles. The maximum atomic E-state index is 12.8. The number of carbonyl (C=O) groups is 3. The Kier molecular flexibility index (Phi) is 14.8. The quantitative estimate of drug-likeness (QED) is 0.0771. The Bertz CT molecular complexity index is 1120. The highest BCUT2D eigenvalue weighted by Crippen LogP contribution is 2.30. The van der Waals surface area contributed by atoms with E-state index in [2.05, 4.69) is 13.5 Å². The molecule has 1 saturated heterocycles. The summed E-state index contributed by atoms with van der Waals surface area (Å²) in [6, 6.07) is 7.12. The summed E-state index contributed by atoms with van der Waals surface area (Å²) in [5, 5.41) is 0. The predicted molar refractivity (Wildman–Crippen MR) is 174 cm³/mol. The Morgan fingerprint density at radius 2 is 1.48 bits per heavy atom. The Hall–Kier alpha value is -3.01. The Morgan fingerprint density at radius 3 is 2.09 bits per heavy atom. The van der Waals surface area contributed by atoms with Crippen LogP contribution in [-0.2, 0) is 38.1 Å². The molecule has 0 N–H and O–H groups in total. The molecule has 0 bridgehead atoms. The molecule has 1 aromatic rings. The van der Waals surface area contributed by atoms with Crippen LogP contribution in [0.5, 0.6) is 5.75 Å². The third kappa shape index (κ3) is 12.6. The first-order valence-corrected chi connectivity index (χ1v) is 17.0. The minimum Gasteiger partial charge on any atom is -0.462 e. The van der Waals surface area contributed by atoms with Gasteiger partial charge in [0.25, 0.3) is 0 Å². The third-order valence-electron chi connectivity index (χ3n) is 9.21. The molecule has 1 aliphatic heterocycles. The molecule has 3 aliphatic rings. The maximum absolute atomic E-state index is 12.8. The fourth-order valence-corrected chi connectivity index (χ4v) is 6.13. The zero-order valence-corrected chi connectivity index (χ0v) is 27.5. The van der Waals surface area contributed by atoms with E-state index in [1.54, 1.807) is 18.2 Å². The van der Waals surface area contributed by atoms with Crippen molar-refractivity contribution < 1.29 is 42.8 Å². The molecule has 0 aromatic heterocycles. The standard InChI is InChI=1S/C37H52O9/c1-3-34(38)44-23-29-7-9-30(10-8-29)24-45-35(39)20-13-28-11-16-33(17-12-28)46-36(40)31-14-18-32(19-15-31)43-22-6-4-5-21-41-25-37(2)26-42-27-37/h3,11-13,16-17,20,29-32H,1,4-10,14-15,18-19,21-27H2,2H3. The highest BCUT2D eigenvalue weighted by atomic mass is 16.5. The van der Waals surface area contributed by atoms with Gasteiger partial charge in [-0.3, -0.25) is 4.79 Å². The normalized spacial score (nSPS) is 24.1. The van der Waals surface area contributed by atoms with E-state index < -0.39 is 0 Å². The van der Waals surface area contributed by atoms with E-state index in [9.17, 15) is 14.4 Å². The van der Waals surface area contributed by atoms with Gasteiger partial charge in [-0.05, 0) is 106 Å². The number of hydrogen-bond acceptors (Lipinski definition) is 9. The van der Waals surface area contributed by atoms with Crippen LogP contribution in [0.3, 0.4) is 0 Å². The zero-order chi connectivity index (χ0) is 32.6. The highest BCUT2D eigenvalue weighted by Gasteiger charge is 2.33. The van der Waals surface area contributed by atoms with E-state index in [1.807, 2.05) is 12.1 Å². The van der Waals surface area contributed by atoms with Crippen molar-refractivity contribution >= 4 is 24.0 Å². The van der Waals surface area contributed by atoms with Gasteiger partial charge in [-0.25, -0.2) is 9.59 Å². The van der Waals surface area contributed by atoms with Crippen molar-refractivity contribution in [1.82, 2.24) is 0 Å². The van der Waals surface area contributed by atoms with Gasteiger partial charge in [-0.2, -0.15) is 0 Å². The van der Waals surface area contributed by atoms with Crippen molar-refractivity contribution in [3.05, 3.63) is 48.6 Å². The van der Waals surface area contributed by atoms with Crippen LogP contribution in [0.2, 0.25) is 0 Å². The summed E-state index contributed by atoms with van der Waals surface area (Å²) in [5.41, 5.74) is 1.03. The number of hydrogen-bond donors (Lipinski definition) is 0. The fourth-order valence-electron chi connectivity index (χ4n) is 6.13. The van der Waals surface area contributed by atoms with Gasteiger partial charge >= 0.3 is 17.9 Å². The molecule has 0 spiro atoms. The van der Waals surface area contributed by atoms with Crippen molar-refractivity contribution in [2.24, 2.45) is 23.2 Å². The summed E-state index contributed by atoms with van der Waals surface area (Å²) in [6.45, 7) is 10.3. The second-order valence-corrected chi connectivity index (χ2v) is 13.4. The molecule has 2 saturated carbocycles. The molecular formula is C37H52O9. The second kappa shape index (κ2) is 19.0. The fraction of sp³-hybridized carbons (Fsp3) is 0.649. The molecule has 4 rings (SSSR count). The van der Waals surface area contributed by atoms with Crippen LogP contribution < -0.4 is 4.74 Å². The van der Waals surface area contributed by atoms with Crippen molar-refractivity contribution in [3.63, 3.8) is 0 Å². The number of unbranched alkanes of at least 4 members (excludes halogenated alkanes) is 2. The molecule has 1 heterocycles. The first kappa shape index (κ1) is 35.8. The van der Waals surface area contributed by atoms with Crippen molar-refractivity contribution in [1.29, 1.82) is 0 Å². The second-order valence-electron chi connectivity index (χ2n) is 13.4. The summed E-state index contributed by atoms with van der Waals surface area (Å²) in [7, 11) is 0. The van der Waals surface area contributed by atoms with E-state index in [-0.39, 0.29) is 35.3 Å². The van der Waals surface area contributed by atoms with Gasteiger partial charge in [0, 0.05) is 30.8 Å². The summed E-state index contributed by atoms with van der Waals surface area (Å²) >= 11 is 0. The van der Waals surface area contributed by atoms with Gasteiger partial charge < -0.3 is 28.4 Å². The average molecular weight is 641 g/mol. The summed E-state index contributed by atoms with van der Waals surface area (Å²) in [6.07, 6.45) is 14.7. The number of ether oxygens (including phenoxy) is 6. The third-order valence-corrected chi connectivity index (χ3v) is 9.21. The number of carbonyl (C=O) groups excluding carboxylic acids is 3. The number of benzene rings is 1. The minimum absolute atomic E-state index is 0.112. The Morgan fingerprint density at radius 1 is 0.848 bits per heavy atom. The molecule has 0 unspecified atom stereocenters. The topological polar surface area (TPSA) is 107 Å². The van der Waals surface area contributed by atoms with E-state index in [4.69, 9.17) is 28.4 Å². The lowest BCUT2D eigenvalue weighted by Gasteiger charge is -2.37. The van der Waals surface area contributed by atoms with Crippen LogP contribution in [0.4, 0.5) is 0 Å². The maximum Gasteiger partial charge on any atom is 0.330 e. The lowest BCUT2D eigenvalue weighted by Crippen LogP contribution is -2.43. The summed E-state index contributed by atoms with van der Waals surface area (Å²) in [5.74, 6) is 0.0962. The van der Waals surface area contributed by atoms with Gasteiger partial charge in [0.2, 0.25) is 0 Å². The van der Waals surface area contributed by atoms with Crippen LogP contribution in [0.25, 0.3) is 6.08 Å². The van der Waals surface area contributed by atoms with Crippen LogP contribution in [0, 0.1) is 23.2 Å². The van der Waals surface area contributed by atoms with E-state index in [0.717, 1.165) is 109 Å². The van der Waals surface area contributed by atoms with Gasteiger partial charge in [-0.1, -0.05) is 25.6 Å². The monoisotopic (exact) mass is 640 g/mol. The molecule has 0 radical (unpaired) electrons. The molecule has 3 fully saturated rings. The number of esters is 3. The first-order chi connectivity index (χ1) is 22.3. The molecule has 254 valence electrons. The summed E-state index contributed by atoms with van der Waals surface area (Å²) in [4.78, 5) is 36.2. The number of rotatable bonds is 18. The van der Waals surface area contributed by atoms with Crippen LogP contribution >= 0.6 is 0 Å². The molecule has 9 heteroatoms. The Labute approximate surface area is 274 Å². The van der Waals surface area contributed by atoms with Crippen LogP contribution in [0.1, 0.15) is 83.1 Å². The smallest absolute Gasteiger partial charge is 0.330 e. The first-order valence-electron chi connectivity index (χ1n) is 17.0. The minimum atomic E-state index is -0.387. The van der Waals surface area contributed by atoms with Gasteiger partial charge in [0.15, 0.2) is 0 Å². The van der Waals surface area contributed by atoms with E-state index in [1.165, 1.54) is 12.2 Å². The molecule has 0 atom stereocenters. The largest absolute Gasteiger partial charge is 0.462 e. The highest BCUT2D eigenvalue weighted by molar-refractivity contribution is 5.87. The van der Waals surface area contributed by atoms with Gasteiger partial charge in [-0.15, -0.1) is 0 Å². The van der Waals surface area contributed by atoms with E-state index >= 15 is 0 Å². The molecule has 9 nitrogen and oxygen atoms in total. The Balaban J connectivity index is 1.02. The zero-order valence-electron chi connectivity index (χ0n) is 27.5. The lowest BCUT2D eigenvalue weighted by molar-refractivity contribution is -0.141. The molecule has 46 heavy (non-hydrogen) atoms. The lowest BCUT2D eigenvalue weighted by atomic mass is 9.83. The predicted octanol–water partition coefficient (Wildman–Crippen LogP) is 6.48. The van der Waals surface area contributed by atoms with Crippen LogP contribution in [0.15, 0.2) is 43.0 Å². The SMILES string of the molecule is C=CC(=O)OCC1CCC(COC(=O)C=Cc2ccc(OC(=O)C3CCC(OCCCCCOCC4(C)COC4)CC3)cc2)CC1. The van der Waals surface area contributed by atoms with Crippen molar-refractivity contribution in [3.8, 4) is 5.75 Å².